The molecule has 1 aliphatic rings. The largest absolute Gasteiger partial charge is 0.493 e. The van der Waals surface area contributed by atoms with Crippen LogP contribution >= 0.6 is 0 Å². The fourth-order valence-electron chi connectivity index (χ4n) is 1.61. The lowest BCUT2D eigenvalue weighted by Crippen LogP contribution is -1.98. The van der Waals surface area contributed by atoms with Crippen LogP contribution in [0, 0.1) is 12.8 Å². The van der Waals surface area contributed by atoms with Gasteiger partial charge in [0.1, 0.15) is 11.3 Å². The first-order valence-electron chi connectivity index (χ1n) is 5.31. The highest BCUT2D eigenvalue weighted by Crippen LogP contribution is 2.30. The van der Waals surface area contributed by atoms with Crippen molar-refractivity contribution in [3.8, 4) is 5.75 Å². The van der Waals surface area contributed by atoms with Gasteiger partial charge in [-0.1, -0.05) is 0 Å². The molecule has 1 saturated carbocycles. The summed E-state index contributed by atoms with van der Waals surface area (Å²) in [6.07, 6.45) is 2.62. The molecule has 3 nitrogen and oxygen atoms in total. The molecule has 2 aromatic rings. The Kier molecular flexibility index (Phi) is 1.91. The van der Waals surface area contributed by atoms with E-state index < -0.39 is 0 Å². The Morgan fingerprint density at radius 1 is 1.47 bits per heavy atom. The van der Waals surface area contributed by atoms with Gasteiger partial charge in [0.25, 0.3) is 0 Å². The fraction of sp³-hybridized carbons (Fsp3) is 0.417. The van der Waals surface area contributed by atoms with Gasteiger partial charge in [0.15, 0.2) is 11.5 Å². The van der Waals surface area contributed by atoms with E-state index in [4.69, 9.17) is 9.15 Å². The zero-order chi connectivity index (χ0) is 10.3. The molecule has 3 heteroatoms. The minimum Gasteiger partial charge on any atom is -0.493 e. The quantitative estimate of drug-likeness (QED) is 0.769. The van der Waals surface area contributed by atoms with Crippen molar-refractivity contribution >= 4 is 11.1 Å². The van der Waals surface area contributed by atoms with Gasteiger partial charge in [-0.25, -0.2) is 4.98 Å². The molecule has 1 aliphatic carbocycles. The average molecular weight is 203 g/mol. The molecule has 0 N–H and O–H groups in total. The van der Waals surface area contributed by atoms with Gasteiger partial charge in [-0.3, -0.25) is 0 Å². The van der Waals surface area contributed by atoms with Crippen molar-refractivity contribution in [3.63, 3.8) is 0 Å². The lowest BCUT2D eigenvalue weighted by Gasteiger charge is -2.03. The normalized spacial score (nSPS) is 15.8. The standard InChI is InChI=1S/C12H13NO2/c1-8-13-11-5-4-10(6-12(11)15-8)14-7-9-2-3-9/h4-6,9H,2-3,7H2,1H3. The number of hydrogen-bond acceptors (Lipinski definition) is 3. The monoisotopic (exact) mass is 203 g/mol. The Morgan fingerprint density at radius 3 is 3.13 bits per heavy atom. The molecule has 0 aliphatic heterocycles. The van der Waals surface area contributed by atoms with E-state index in [1.807, 2.05) is 25.1 Å². The minimum atomic E-state index is 0.698. The highest BCUT2D eigenvalue weighted by molar-refractivity contribution is 5.74. The van der Waals surface area contributed by atoms with Gasteiger partial charge in [0.05, 0.1) is 6.61 Å². The van der Waals surface area contributed by atoms with Crippen molar-refractivity contribution in [3.05, 3.63) is 24.1 Å². The van der Waals surface area contributed by atoms with Crippen molar-refractivity contribution in [2.75, 3.05) is 6.61 Å². The molecule has 1 fully saturated rings. The van der Waals surface area contributed by atoms with Crippen molar-refractivity contribution in [1.29, 1.82) is 0 Å². The summed E-state index contributed by atoms with van der Waals surface area (Å²) >= 11 is 0. The summed E-state index contributed by atoms with van der Waals surface area (Å²) in [5.41, 5.74) is 1.70. The molecule has 78 valence electrons. The van der Waals surface area contributed by atoms with Crippen LogP contribution in [0.15, 0.2) is 22.6 Å². The maximum absolute atomic E-state index is 5.66. The highest BCUT2D eigenvalue weighted by atomic mass is 16.5. The smallest absolute Gasteiger partial charge is 0.192 e. The van der Waals surface area contributed by atoms with Crippen LogP contribution in [0.4, 0.5) is 0 Å². The van der Waals surface area contributed by atoms with Crippen LogP contribution in [0.3, 0.4) is 0 Å². The second kappa shape index (κ2) is 3.26. The van der Waals surface area contributed by atoms with Gasteiger partial charge in [-0.2, -0.15) is 0 Å². The third-order valence-corrected chi connectivity index (χ3v) is 2.65. The van der Waals surface area contributed by atoms with Crippen molar-refractivity contribution in [1.82, 2.24) is 4.98 Å². The molecular weight excluding hydrogens is 190 g/mol. The van der Waals surface area contributed by atoms with E-state index in [0.29, 0.717) is 5.89 Å². The van der Waals surface area contributed by atoms with Crippen LogP contribution < -0.4 is 4.74 Å². The van der Waals surface area contributed by atoms with Crippen LogP contribution in [-0.2, 0) is 0 Å². The van der Waals surface area contributed by atoms with E-state index >= 15 is 0 Å². The molecule has 1 aromatic heterocycles. The second-order valence-electron chi connectivity index (χ2n) is 4.12. The Morgan fingerprint density at radius 2 is 2.33 bits per heavy atom. The van der Waals surface area contributed by atoms with E-state index in [1.54, 1.807) is 0 Å². The molecule has 0 radical (unpaired) electrons. The van der Waals surface area contributed by atoms with E-state index in [-0.39, 0.29) is 0 Å². The average Bonchev–Trinajstić information content (AvgIpc) is 2.96. The summed E-state index contributed by atoms with van der Waals surface area (Å²) in [5, 5.41) is 0. The first kappa shape index (κ1) is 8.77. The molecular formula is C12H13NO2. The van der Waals surface area contributed by atoms with E-state index in [0.717, 1.165) is 29.4 Å². The number of rotatable bonds is 3. The van der Waals surface area contributed by atoms with Crippen LogP contribution in [0.2, 0.25) is 0 Å². The summed E-state index contributed by atoms with van der Waals surface area (Å²) in [6.45, 7) is 2.68. The van der Waals surface area contributed by atoms with Crippen LogP contribution in [-0.4, -0.2) is 11.6 Å². The second-order valence-corrected chi connectivity index (χ2v) is 4.12. The molecule has 15 heavy (non-hydrogen) atoms. The Balaban J connectivity index is 1.84. The molecule has 0 bridgehead atoms. The number of benzene rings is 1. The van der Waals surface area contributed by atoms with Crippen LogP contribution in [0.25, 0.3) is 11.1 Å². The van der Waals surface area contributed by atoms with Crippen LogP contribution in [0.5, 0.6) is 5.75 Å². The van der Waals surface area contributed by atoms with Gasteiger partial charge in [-0.15, -0.1) is 0 Å². The van der Waals surface area contributed by atoms with Gasteiger partial charge >= 0.3 is 0 Å². The number of aromatic nitrogens is 1. The summed E-state index contributed by atoms with van der Waals surface area (Å²) in [7, 11) is 0. The molecule has 0 spiro atoms. The SMILES string of the molecule is Cc1nc2ccc(OCC3CC3)cc2o1. The maximum Gasteiger partial charge on any atom is 0.192 e. The first-order chi connectivity index (χ1) is 7.31. The molecule has 0 unspecified atom stereocenters. The lowest BCUT2D eigenvalue weighted by molar-refractivity contribution is 0.300. The van der Waals surface area contributed by atoms with Gasteiger partial charge < -0.3 is 9.15 Å². The fourth-order valence-corrected chi connectivity index (χ4v) is 1.61. The molecule has 0 atom stereocenters. The Hall–Kier alpha value is -1.51. The Labute approximate surface area is 88.1 Å². The summed E-state index contributed by atoms with van der Waals surface area (Å²) in [4.78, 5) is 4.24. The number of nitrogens with zero attached hydrogens (tertiary/aromatic N) is 1. The molecule has 3 rings (SSSR count). The zero-order valence-corrected chi connectivity index (χ0v) is 8.69. The van der Waals surface area contributed by atoms with Crippen molar-refractivity contribution < 1.29 is 9.15 Å². The predicted molar refractivity (Wildman–Crippen MR) is 57.0 cm³/mol. The number of aryl methyl sites for hydroxylation is 1. The lowest BCUT2D eigenvalue weighted by atomic mass is 10.3. The molecule has 1 aromatic carbocycles. The maximum atomic E-state index is 5.66. The summed E-state index contributed by atoms with van der Waals surface area (Å²) < 4.78 is 11.1. The highest BCUT2D eigenvalue weighted by Gasteiger charge is 2.21. The van der Waals surface area contributed by atoms with Gasteiger partial charge in [0, 0.05) is 13.0 Å². The minimum absolute atomic E-state index is 0.698. The van der Waals surface area contributed by atoms with Gasteiger partial charge in [0.2, 0.25) is 0 Å². The van der Waals surface area contributed by atoms with E-state index in [1.165, 1.54) is 12.8 Å². The summed E-state index contributed by atoms with van der Waals surface area (Å²) in [6, 6.07) is 5.80. The Bertz CT molecular complexity index is 485. The molecule has 1 heterocycles. The third kappa shape index (κ3) is 1.82. The van der Waals surface area contributed by atoms with E-state index in [2.05, 4.69) is 4.98 Å². The van der Waals surface area contributed by atoms with E-state index in [9.17, 15) is 0 Å². The van der Waals surface area contributed by atoms with Crippen molar-refractivity contribution in [2.45, 2.75) is 19.8 Å². The predicted octanol–water partition coefficient (Wildman–Crippen LogP) is 2.93. The molecule has 0 amide bonds. The first-order valence-corrected chi connectivity index (χ1v) is 5.31. The number of hydrogen-bond donors (Lipinski definition) is 0. The molecule has 0 saturated heterocycles. The van der Waals surface area contributed by atoms with Crippen LogP contribution in [0.1, 0.15) is 18.7 Å². The number of fused-ring (bicyclic) bond motifs is 1. The number of ether oxygens (including phenoxy) is 1. The summed E-state index contributed by atoms with van der Waals surface area (Å²) in [5.74, 6) is 2.35. The number of oxazole rings is 1. The third-order valence-electron chi connectivity index (χ3n) is 2.65. The zero-order valence-electron chi connectivity index (χ0n) is 8.69. The van der Waals surface area contributed by atoms with Crippen molar-refractivity contribution in [2.24, 2.45) is 5.92 Å². The van der Waals surface area contributed by atoms with Gasteiger partial charge in [-0.05, 0) is 30.9 Å². The topological polar surface area (TPSA) is 35.3 Å².